The molecule has 20 heavy (non-hydrogen) atoms. The first-order valence-corrected chi connectivity index (χ1v) is 6.96. The summed E-state index contributed by atoms with van der Waals surface area (Å²) in [5.41, 5.74) is 8.26. The van der Waals surface area contributed by atoms with Crippen LogP contribution in [-0.4, -0.2) is 12.3 Å². The molecule has 0 spiro atoms. The Balaban J connectivity index is 1.73. The first-order chi connectivity index (χ1) is 9.81. The SMILES string of the molecule is NCC1(OCc2ccccc2)CCc2ccccc2O1. The van der Waals surface area contributed by atoms with Crippen molar-refractivity contribution >= 4 is 0 Å². The van der Waals surface area contributed by atoms with E-state index in [9.17, 15) is 0 Å². The summed E-state index contributed by atoms with van der Waals surface area (Å²) in [6.07, 6.45) is 1.72. The predicted molar refractivity (Wildman–Crippen MR) is 78.4 cm³/mol. The molecule has 3 nitrogen and oxygen atoms in total. The van der Waals surface area contributed by atoms with Crippen LogP contribution in [-0.2, 0) is 17.8 Å². The lowest BCUT2D eigenvalue weighted by Gasteiger charge is -2.37. The largest absolute Gasteiger partial charge is 0.461 e. The molecule has 0 amide bonds. The lowest BCUT2D eigenvalue weighted by molar-refractivity contribution is -0.193. The second-order valence-corrected chi connectivity index (χ2v) is 5.10. The second kappa shape index (κ2) is 5.65. The molecule has 3 rings (SSSR count). The van der Waals surface area contributed by atoms with Gasteiger partial charge in [-0.2, -0.15) is 0 Å². The summed E-state index contributed by atoms with van der Waals surface area (Å²) in [5, 5.41) is 0. The maximum Gasteiger partial charge on any atom is 0.223 e. The molecule has 2 aromatic carbocycles. The summed E-state index contributed by atoms with van der Waals surface area (Å²) in [6, 6.07) is 18.2. The van der Waals surface area contributed by atoms with Gasteiger partial charge in [-0.1, -0.05) is 48.5 Å². The molecule has 0 saturated heterocycles. The molecule has 2 aromatic rings. The monoisotopic (exact) mass is 269 g/mol. The minimum Gasteiger partial charge on any atom is -0.461 e. The number of nitrogens with two attached hydrogens (primary N) is 1. The zero-order valence-electron chi connectivity index (χ0n) is 11.4. The molecule has 0 saturated carbocycles. The van der Waals surface area contributed by atoms with Crippen LogP contribution in [0.2, 0.25) is 0 Å². The highest BCUT2D eigenvalue weighted by Crippen LogP contribution is 2.33. The molecule has 2 N–H and O–H groups in total. The van der Waals surface area contributed by atoms with E-state index in [1.165, 1.54) is 5.56 Å². The number of fused-ring (bicyclic) bond motifs is 1. The number of benzene rings is 2. The van der Waals surface area contributed by atoms with Crippen molar-refractivity contribution in [3.63, 3.8) is 0 Å². The lowest BCUT2D eigenvalue weighted by atomic mass is 9.99. The van der Waals surface area contributed by atoms with Gasteiger partial charge in [0.05, 0.1) is 13.2 Å². The predicted octanol–water partition coefficient (Wildman–Crippen LogP) is 2.88. The quantitative estimate of drug-likeness (QED) is 0.928. The van der Waals surface area contributed by atoms with Gasteiger partial charge >= 0.3 is 0 Å². The van der Waals surface area contributed by atoms with E-state index in [0.29, 0.717) is 13.2 Å². The summed E-state index contributed by atoms with van der Waals surface area (Å²) in [5.74, 6) is 0.182. The van der Waals surface area contributed by atoms with Crippen LogP contribution in [0.4, 0.5) is 0 Å². The summed E-state index contributed by atoms with van der Waals surface area (Å²) in [7, 11) is 0. The van der Waals surface area contributed by atoms with Crippen molar-refractivity contribution in [2.45, 2.75) is 25.2 Å². The van der Waals surface area contributed by atoms with Crippen LogP contribution in [0.15, 0.2) is 54.6 Å². The molecule has 104 valence electrons. The van der Waals surface area contributed by atoms with Crippen molar-refractivity contribution in [3.05, 3.63) is 65.7 Å². The van der Waals surface area contributed by atoms with Gasteiger partial charge in [0.25, 0.3) is 0 Å². The highest BCUT2D eigenvalue weighted by atomic mass is 16.7. The van der Waals surface area contributed by atoms with E-state index in [2.05, 4.69) is 6.07 Å². The second-order valence-electron chi connectivity index (χ2n) is 5.10. The lowest BCUT2D eigenvalue weighted by Crippen LogP contribution is -2.48. The zero-order chi connectivity index (χ0) is 13.8. The standard InChI is InChI=1S/C17H19NO2/c18-13-17(19-12-14-6-2-1-3-7-14)11-10-15-8-4-5-9-16(15)20-17/h1-9H,10-13,18H2. The van der Waals surface area contributed by atoms with Gasteiger partial charge in [0.15, 0.2) is 0 Å². The molecule has 3 heteroatoms. The van der Waals surface area contributed by atoms with Crippen LogP contribution in [0.5, 0.6) is 5.75 Å². The summed E-state index contributed by atoms with van der Waals surface area (Å²) in [6.45, 7) is 0.869. The van der Waals surface area contributed by atoms with Gasteiger partial charge in [0.1, 0.15) is 5.75 Å². The average molecular weight is 269 g/mol. The van der Waals surface area contributed by atoms with Crippen molar-refractivity contribution in [1.82, 2.24) is 0 Å². The van der Waals surface area contributed by atoms with E-state index >= 15 is 0 Å². The molecule has 0 aliphatic carbocycles. The van der Waals surface area contributed by atoms with E-state index in [0.717, 1.165) is 24.2 Å². The van der Waals surface area contributed by atoms with Gasteiger partial charge in [0, 0.05) is 6.42 Å². The maximum atomic E-state index is 6.04. The smallest absolute Gasteiger partial charge is 0.223 e. The summed E-state index contributed by atoms with van der Waals surface area (Å²) < 4.78 is 12.1. The number of para-hydroxylation sites is 1. The third-order valence-corrected chi connectivity index (χ3v) is 3.70. The minimum atomic E-state index is -0.704. The van der Waals surface area contributed by atoms with Gasteiger partial charge in [-0.05, 0) is 23.6 Å². The summed E-state index contributed by atoms with van der Waals surface area (Å²) >= 11 is 0. The van der Waals surface area contributed by atoms with Gasteiger partial charge in [-0.3, -0.25) is 0 Å². The Labute approximate surface area is 119 Å². The molecule has 1 atom stereocenters. The fourth-order valence-electron chi connectivity index (χ4n) is 2.48. The molecule has 0 bridgehead atoms. The van der Waals surface area contributed by atoms with Crippen LogP contribution in [0.3, 0.4) is 0 Å². The van der Waals surface area contributed by atoms with Crippen LogP contribution < -0.4 is 10.5 Å². The number of hydrogen-bond donors (Lipinski definition) is 1. The molecular formula is C17H19NO2. The Hall–Kier alpha value is -1.84. The van der Waals surface area contributed by atoms with E-state index in [-0.39, 0.29) is 0 Å². The Bertz CT molecular complexity index is 570. The van der Waals surface area contributed by atoms with Crippen LogP contribution in [0.1, 0.15) is 17.5 Å². The van der Waals surface area contributed by atoms with Crippen molar-refractivity contribution in [2.75, 3.05) is 6.54 Å². The molecule has 1 aliphatic heterocycles. The highest BCUT2D eigenvalue weighted by molar-refractivity contribution is 5.35. The Kier molecular flexibility index (Phi) is 3.72. The molecule has 1 unspecified atom stereocenters. The normalized spacial score (nSPS) is 21.1. The minimum absolute atomic E-state index is 0.355. The number of hydrogen-bond acceptors (Lipinski definition) is 3. The van der Waals surface area contributed by atoms with E-state index in [4.69, 9.17) is 15.2 Å². The Morgan fingerprint density at radius 1 is 1.05 bits per heavy atom. The number of rotatable bonds is 4. The fourth-order valence-corrected chi connectivity index (χ4v) is 2.48. The van der Waals surface area contributed by atoms with Gasteiger partial charge < -0.3 is 15.2 Å². The zero-order valence-corrected chi connectivity index (χ0v) is 11.4. The molecular weight excluding hydrogens is 250 g/mol. The third-order valence-electron chi connectivity index (χ3n) is 3.70. The Morgan fingerprint density at radius 3 is 2.60 bits per heavy atom. The molecule has 0 radical (unpaired) electrons. The highest BCUT2D eigenvalue weighted by Gasteiger charge is 2.36. The van der Waals surface area contributed by atoms with E-state index < -0.39 is 5.79 Å². The number of aryl methyl sites for hydroxylation is 1. The van der Waals surface area contributed by atoms with Crippen LogP contribution >= 0.6 is 0 Å². The van der Waals surface area contributed by atoms with Gasteiger partial charge in [-0.25, -0.2) is 0 Å². The van der Waals surface area contributed by atoms with Crippen molar-refractivity contribution < 1.29 is 9.47 Å². The molecule has 0 aromatic heterocycles. The topological polar surface area (TPSA) is 44.5 Å². The van der Waals surface area contributed by atoms with Gasteiger partial charge in [0.2, 0.25) is 5.79 Å². The van der Waals surface area contributed by atoms with Crippen molar-refractivity contribution in [1.29, 1.82) is 0 Å². The van der Waals surface area contributed by atoms with Crippen molar-refractivity contribution in [3.8, 4) is 5.75 Å². The first kappa shape index (κ1) is 13.2. The van der Waals surface area contributed by atoms with Crippen LogP contribution in [0, 0.1) is 0 Å². The fraction of sp³-hybridized carbons (Fsp3) is 0.294. The average Bonchev–Trinajstić information content (AvgIpc) is 2.54. The molecule has 1 heterocycles. The Morgan fingerprint density at radius 2 is 1.80 bits per heavy atom. The third kappa shape index (κ3) is 2.69. The van der Waals surface area contributed by atoms with E-state index in [1.807, 2.05) is 48.5 Å². The first-order valence-electron chi connectivity index (χ1n) is 6.96. The number of ether oxygens (including phenoxy) is 2. The summed E-state index contributed by atoms with van der Waals surface area (Å²) in [4.78, 5) is 0. The van der Waals surface area contributed by atoms with Crippen LogP contribution in [0.25, 0.3) is 0 Å². The van der Waals surface area contributed by atoms with E-state index in [1.54, 1.807) is 0 Å². The van der Waals surface area contributed by atoms with Gasteiger partial charge in [-0.15, -0.1) is 0 Å². The maximum absolute atomic E-state index is 6.04. The molecule has 1 aliphatic rings. The molecule has 0 fully saturated rings. The van der Waals surface area contributed by atoms with Crippen molar-refractivity contribution in [2.24, 2.45) is 5.73 Å².